The normalized spacial score (nSPS) is 22.4. The summed E-state index contributed by atoms with van der Waals surface area (Å²) in [4.78, 5) is 27.3. The van der Waals surface area contributed by atoms with E-state index in [9.17, 15) is 9.90 Å². The number of carbonyl (C=O) groups is 1. The highest BCUT2D eigenvalue weighted by molar-refractivity contribution is 6.00. The number of amides is 1. The zero-order valence-corrected chi connectivity index (χ0v) is 26.2. The molecule has 1 amide bonds. The molecule has 3 fully saturated rings. The van der Waals surface area contributed by atoms with Crippen LogP contribution in [-0.2, 0) is 11.0 Å². The minimum atomic E-state index is -0.404. The number of hydrogen-bond donors (Lipinski definition) is 3. The summed E-state index contributed by atoms with van der Waals surface area (Å²) in [6, 6.07) is 17.3. The second-order valence-corrected chi connectivity index (χ2v) is 13.1. The molecule has 0 saturated carbocycles. The number of aliphatic hydroxyl groups is 1. The summed E-state index contributed by atoms with van der Waals surface area (Å²) in [6.07, 6.45) is 5.76. The molecule has 0 unspecified atom stereocenters. The maximum Gasteiger partial charge on any atom is 0.261 e. The van der Waals surface area contributed by atoms with Crippen molar-refractivity contribution in [1.82, 2.24) is 24.9 Å². The van der Waals surface area contributed by atoms with Gasteiger partial charge in [-0.1, -0.05) is 42.4 Å². The van der Waals surface area contributed by atoms with E-state index >= 15 is 0 Å². The Bertz CT molecular complexity index is 1680. The molecule has 1 atom stereocenters. The van der Waals surface area contributed by atoms with Crippen LogP contribution >= 0.6 is 0 Å². The summed E-state index contributed by atoms with van der Waals surface area (Å²) >= 11 is 0. The van der Waals surface area contributed by atoms with E-state index in [1.54, 1.807) is 6.20 Å². The van der Waals surface area contributed by atoms with Gasteiger partial charge >= 0.3 is 0 Å². The van der Waals surface area contributed by atoms with Gasteiger partial charge in [0.05, 0.1) is 29.4 Å². The molecule has 8 rings (SSSR count). The van der Waals surface area contributed by atoms with Crippen LogP contribution in [0.15, 0.2) is 65.3 Å². The number of nitrogens with zero attached hydrogens (tertiary/aromatic N) is 5. The number of carbonyl (C=O) groups excluding carboxylic acids is 1. The molecule has 3 N–H and O–H groups in total. The predicted octanol–water partition coefficient (Wildman–Crippen LogP) is 5.86. The van der Waals surface area contributed by atoms with Gasteiger partial charge in [-0.05, 0) is 88.5 Å². The van der Waals surface area contributed by atoms with Gasteiger partial charge < -0.3 is 30.1 Å². The van der Waals surface area contributed by atoms with Crippen molar-refractivity contribution in [2.24, 2.45) is 0 Å². The molecule has 3 saturated heterocycles. The van der Waals surface area contributed by atoms with Gasteiger partial charge in [-0.25, -0.2) is 4.98 Å². The molecule has 0 aliphatic carbocycles. The molecular weight excluding hydrogens is 566 g/mol. The lowest BCUT2D eigenvalue weighted by Crippen LogP contribution is -2.51. The summed E-state index contributed by atoms with van der Waals surface area (Å²) in [5.41, 5.74) is 4.49. The highest BCUT2D eigenvalue weighted by Crippen LogP contribution is 2.43. The van der Waals surface area contributed by atoms with Gasteiger partial charge in [-0.2, -0.15) is 4.98 Å². The number of pyridine rings is 1. The quantitative estimate of drug-likeness (QED) is 0.204. The molecule has 2 aromatic carbocycles. The Hall–Kier alpha value is -4.28. The van der Waals surface area contributed by atoms with Crippen LogP contribution in [0.25, 0.3) is 11.5 Å². The van der Waals surface area contributed by atoms with Gasteiger partial charge in [-0.3, -0.25) is 4.79 Å². The maximum atomic E-state index is 13.1. The third kappa shape index (κ3) is 5.25. The molecular formula is C35H41N7O3. The number of nitrogens with one attached hydrogen (secondary N) is 2. The SMILES string of the molecule is CCCN1C(=O)c2ccc(Nc3cc(N[C@H](CO)c4ccccc4)c(-c4nc(C56CCN(CC5)CC6)no4)cn3)cc2C1(C)C. The molecule has 0 spiro atoms. The van der Waals surface area contributed by atoms with Gasteiger partial charge in [0.1, 0.15) is 5.82 Å². The Labute approximate surface area is 263 Å². The fourth-order valence-electron chi connectivity index (χ4n) is 7.24. The number of rotatable bonds is 10. The first-order valence-electron chi connectivity index (χ1n) is 16.0. The van der Waals surface area contributed by atoms with Crippen molar-refractivity contribution < 1.29 is 14.4 Å². The van der Waals surface area contributed by atoms with Crippen LogP contribution in [0.3, 0.4) is 0 Å². The lowest BCUT2D eigenvalue weighted by atomic mass is 9.71. The van der Waals surface area contributed by atoms with Crippen molar-refractivity contribution in [3.8, 4) is 11.5 Å². The molecule has 4 aliphatic heterocycles. The Morgan fingerprint density at radius 2 is 1.78 bits per heavy atom. The fraction of sp³-hybridized carbons (Fsp3) is 0.429. The van der Waals surface area contributed by atoms with Crippen LogP contribution in [0.4, 0.5) is 17.2 Å². The monoisotopic (exact) mass is 607 g/mol. The van der Waals surface area contributed by atoms with Gasteiger partial charge in [0, 0.05) is 35.5 Å². The lowest BCUT2D eigenvalue weighted by Gasteiger charge is -2.46. The molecule has 10 nitrogen and oxygen atoms in total. The van der Waals surface area contributed by atoms with E-state index in [0.717, 1.165) is 73.5 Å². The zero-order chi connectivity index (χ0) is 31.2. The predicted molar refractivity (Wildman–Crippen MR) is 173 cm³/mol. The van der Waals surface area contributed by atoms with E-state index in [2.05, 4.69) is 41.5 Å². The Balaban J connectivity index is 1.22. The molecule has 4 aliphatic rings. The van der Waals surface area contributed by atoms with Crippen molar-refractivity contribution >= 4 is 23.1 Å². The minimum Gasteiger partial charge on any atom is -0.394 e. The van der Waals surface area contributed by atoms with Crippen LogP contribution in [0.5, 0.6) is 0 Å². The number of aromatic nitrogens is 3. The first kappa shape index (κ1) is 29.4. The van der Waals surface area contributed by atoms with Gasteiger partial charge in [0.25, 0.3) is 11.8 Å². The van der Waals surface area contributed by atoms with Gasteiger partial charge in [0.15, 0.2) is 5.82 Å². The van der Waals surface area contributed by atoms with Crippen molar-refractivity contribution in [3.63, 3.8) is 0 Å². The van der Waals surface area contributed by atoms with Crippen molar-refractivity contribution in [1.29, 1.82) is 0 Å². The molecule has 2 bridgehead atoms. The Morgan fingerprint density at radius 1 is 1.02 bits per heavy atom. The van der Waals surface area contributed by atoms with E-state index in [4.69, 9.17) is 14.5 Å². The summed E-state index contributed by atoms with van der Waals surface area (Å²) in [5.74, 6) is 1.87. The second kappa shape index (κ2) is 11.6. The van der Waals surface area contributed by atoms with Crippen molar-refractivity contribution in [3.05, 3.63) is 83.3 Å². The zero-order valence-electron chi connectivity index (χ0n) is 26.2. The number of piperidine rings is 3. The molecule has 4 aromatic rings. The number of hydrogen-bond acceptors (Lipinski definition) is 9. The van der Waals surface area contributed by atoms with Crippen molar-refractivity contribution in [2.45, 2.75) is 63.5 Å². The fourth-order valence-corrected chi connectivity index (χ4v) is 7.24. The van der Waals surface area contributed by atoms with E-state index in [1.807, 2.05) is 59.5 Å². The topological polar surface area (TPSA) is 120 Å². The number of fused-ring (bicyclic) bond motifs is 4. The summed E-state index contributed by atoms with van der Waals surface area (Å²) in [5, 5.41) is 21.8. The van der Waals surface area contributed by atoms with Crippen LogP contribution in [0, 0.1) is 0 Å². The molecule has 0 radical (unpaired) electrons. The molecule has 45 heavy (non-hydrogen) atoms. The average Bonchev–Trinajstić information content (AvgIpc) is 3.64. The molecule has 2 aromatic heterocycles. The first-order chi connectivity index (χ1) is 21.8. The van der Waals surface area contributed by atoms with E-state index in [0.29, 0.717) is 29.5 Å². The average molecular weight is 608 g/mol. The Kier molecular flexibility index (Phi) is 7.57. The van der Waals surface area contributed by atoms with Crippen molar-refractivity contribution in [2.75, 3.05) is 43.4 Å². The van der Waals surface area contributed by atoms with E-state index in [1.165, 1.54) is 0 Å². The maximum absolute atomic E-state index is 13.1. The van der Waals surface area contributed by atoms with Gasteiger partial charge in [0.2, 0.25) is 0 Å². The number of anilines is 3. The third-order valence-electron chi connectivity index (χ3n) is 10.0. The highest BCUT2D eigenvalue weighted by Gasteiger charge is 2.44. The smallest absolute Gasteiger partial charge is 0.261 e. The molecule has 234 valence electrons. The summed E-state index contributed by atoms with van der Waals surface area (Å²) in [6.45, 7) is 10.1. The second-order valence-electron chi connectivity index (χ2n) is 13.1. The van der Waals surface area contributed by atoms with Gasteiger partial charge in [-0.15, -0.1) is 0 Å². The molecule has 10 heteroatoms. The summed E-state index contributed by atoms with van der Waals surface area (Å²) in [7, 11) is 0. The van der Waals surface area contributed by atoms with E-state index < -0.39 is 5.54 Å². The standard InChI is InChI=1S/C35H41N7O3/c1-4-15-42-32(44)25-11-10-24(19-27(25)34(42,2)3)37-30-20-28(38-29(22-43)23-8-6-5-7-9-23)26(21-36-30)31-39-33(40-45-31)35-12-16-41(17-13-35)18-14-35/h5-11,19-21,29,43H,4,12-18,22H2,1-3H3,(H2,36,37,38)/t29-/m1/s1. The third-order valence-corrected chi connectivity index (χ3v) is 10.0. The number of aliphatic hydroxyl groups excluding tert-OH is 1. The van der Waals surface area contributed by atoms with Crippen LogP contribution in [0.1, 0.15) is 79.8 Å². The highest BCUT2D eigenvalue weighted by atomic mass is 16.5. The minimum absolute atomic E-state index is 0.0356. The van der Waals surface area contributed by atoms with Crippen LogP contribution < -0.4 is 10.6 Å². The van der Waals surface area contributed by atoms with Crippen LogP contribution in [0.2, 0.25) is 0 Å². The van der Waals surface area contributed by atoms with Crippen LogP contribution in [-0.4, -0.2) is 68.7 Å². The Morgan fingerprint density at radius 3 is 2.49 bits per heavy atom. The molecule has 6 heterocycles. The summed E-state index contributed by atoms with van der Waals surface area (Å²) < 4.78 is 5.91. The van der Waals surface area contributed by atoms with E-state index in [-0.39, 0.29) is 24.0 Å². The largest absolute Gasteiger partial charge is 0.394 e. The number of benzene rings is 2. The lowest BCUT2D eigenvalue weighted by molar-refractivity contribution is 0.0619. The first-order valence-corrected chi connectivity index (χ1v) is 16.0.